The van der Waals surface area contributed by atoms with Gasteiger partial charge in [0.15, 0.2) is 5.82 Å². The van der Waals surface area contributed by atoms with E-state index < -0.39 is 0 Å². The highest BCUT2D eigenvalue weighted by molar-refractivity contribution is 6.30. The molecule has 2 aromatic rings. The van der Waals surface area contributed by atoms with Crippen molar-refractivity contribution in [3.8, 4) is 0 Å². The second-order valence-electron chi connectivity index (χ2n) is 3.21. The van der Waals surface area contributed by atoms with Gasteiger partial charge in [-0.3, -0.25) is 4.79 Å². The number of rotatable bonds is 3. The molecule has 0 spiro atoms. The molecule has 2 N–H and O–H groups in total. The summed E-state index contributed by atoms with van der Waals surface area (Å²) in [6.07, 6.45) is 1.73. The van der Waals surface area contributed by atoms with Crippen LogP contribution < -0.4 is 5.32 Å². The fourth-order valence-electron chi connectivity index (χ4n) is 1.24. The van der Waals surface area contributed by atoms with Gasteiger partial charge in [0, 0.05) is 5.02 Å². The van der Waals surface area contributed by atoms with Gasteiger partial charge in [-0.15, -0.1) is 5.10 Å². The minimum absolute atomic E-state index is 0.142. The maximum absolute atomic E-state index is 11.5. The van der Waals surface area contributed by atoms with Crippen molar-refractivity contribution in [1.29, 1.82) is 0 Å². The first kappa shape index (κ1) is 10.6. The molecule has 16 heavy (non-hydrogen) atoms. The smallest absolute Gasteiger partial charge is 0.230 e. The maximum atomic E-state index is 11.5. The number of aromatic nitrogens is 3. The largest absolute Gasteiger partial charge is 0.308 e. The summed E-state index contributed by atoms with van der Waals surface area (Å²) in [7, 11) is 0. The molecule has 1 amide bonds. The number of carbonyl (C=O) groups excluding carboxylic acids is 1. The molecule has 0 aliphatic heterocycles. The molecule has 0 fully saturated rings. The fraction of sp³-hybridized carbons (Fsp3) is 0.100. The molecule has 1 heterocycles. The van der Waals surface area contributed by atoms with Crippen LogP contribution in [0.3, 0.4) is 0 Å². The van der Waals surface area contributed by atoms with Crippen LogP contribution >= 0.6 is 11.6 Å². The van der Waals surface area contributed by atoms with E-state index in [1.54, 1.807) is 12.1 Å². The third-order valence-corrected chi connectivity index (χ3v) is 2.21. The number of anilines is 1. The van der Waals surface area contributed by atoms with E-state index in [-0.39, 0.29) is 12.3 Å². The number of nitrogens with one attached hydrogen (secondary N) is 2. The maximum Gasteiger partial charge on any atom is 0.230 e. The van der Waals surface area contributed by atoms with Crippen molar-refractivity contribution in [3.63, 3.8) is 0 Å². The van der Waals surface area contributed by atoms with Crippen LogP contribution in [0.1, 0.15) is 5.56 Å². The Kier molecular flexibility index (Phi) is 3.16. The molecule has 0 aliphatic carbocycles. The van der Waals surface area contributed by atoms with Crippen molar-refractivity contribution in [2.24, 2.45) is 0 Å². The van der Waals surface area contributed by atoms with Crippen LogP contribution in [-0.2, 0) is 11.2 Å². The Morgan fingerprint density at radius 2 is 2.12 bits per heavy atom. The van der Waals surface area contributed by atoms with E-state index in [0.717, 1.165) is 5.56 Å². The van der Waals surface area contributed by atoms with Gasteiger partial charge in [-0.25, -0.2) is 0 Å². The van der Waals surface area contributed by atoms with Gasteiger partial charge in [-0.05, 0) is 17.7 Å². The van der Waals surface area contributed by atoms with Gasteiger partial charge >= 0.3 is 0 Å². The lowest BCUT2D eigenvalue weighted by Crippen LogP contribution is -2.14. The average molecular weight is 237 g/mol. The minimum Gasteiger partial charge on any atom is -0.308 e. The minimum atomic E-state index is -0.142. The second-order valence-corrected chi connectivity index (χ2v) is 3.64. The third kappa shape index (κ3) is 2.80. The van der Waals surface area contributed by atoms with E-state index in [1.165, 1.54) is 6.20 Å². The lowest BCUT2D eigenvalue weighted by molar-refractivity contribution is -0.115. The number of amides is 1. The van der Waals surface area contributed by atoms with Gasteiger partial charge in [0.05, 0.1) is 12.6 Å². The summed E-state index contributed by atoms with van der Waals surface area (Å²) in [5.74, 6) is 0.273. The van der Waals surface area contributed by atoms with Crippen molar-refractivity contribution < 1.29 is 4.79 Å². The van der Waals surface area contributed by atoms with Crippen molar-refractivity contribution in [2.45, 2.75) is 6.42 Å². The van der Waals surface area contributed by atoms with Gasteiger partial charge in [-0.1, -0.05) is 23.7 Å². The van der Waals surface area contributed by atoms with E-state index in [4.69, 9.17) is 11.6 Å². The first-order valence-electron chi connectivity index (χ1n) is 4.64. The highest BCUT2D eigenvalue weighted by Gasteiger charge is 2.05. The molecule has 82 valence electrons. The van der Waals surface area contributed by atoms with Crippen molar-refractivity contribution in [3.05, 3.63) is 41.0 Å². The predicted molar refractivity (Wildman–Crippen MR) is 60.2 cm³/mol. The molecule has 0 bridgehead atoms. The molecule has 5 nitrogen and oxygen atoms in total. The Balaban J connectivity index is 1.95. The Morgan fingerprint density at radius 3 is 2.75 bits per heavy atom. The summed E-state index contributed by atoms with van der Waals surface area (Å²) in [5, 5.41) is 13.0. The average Bonchev–Trinajstić information content (AvgIpc) is 2.74. The monoisotopic (exact) mass is 236 g/mol. The fourth-order valence-corrected chi connectivity index (χ4v) is 1.36. The number of nitrogens with zero attached hydrogens (tertiary/aromatic N) is 2. The summed E-state index contributed by atoms with van der Waals surface area (Å²) >= 11 is 5.74. The number of halogens is 1. The zero-order chi connectivity index (χ0) is 11.4. The van der Waals surface area contributed by atoms with E-state index in [1.807, 2.05) is 12.1 Å². The first-order valence-corrected chi connectivity index (χ1v) is 5.02. The van der Waals surface area contributed by atoms with E-state index >= 15 is 0 Å². The summed E-state index contributed by atoms with van der Waals surface area (Å²) in [5.41, 5.74) is 0.894. The molecule has 0 radical (unpaired) electrons. The Bertz CT molecular complexity index is 466. The Labute approximate surface area is 96.8 Å². The molecule has 2 rings (SSSR count). The van der Waals surface area contributed by atoms with Gasteiger partial charge in [-0.2, -0.15) is 10.3 Å². The normalized spacial score (nSPS) is 10.1. The standard InChI is InChI=1S/C10H9ClN4O/c11-8-3-1-7(2-4-8)5-10(16)13-9-6-12-15-14-9/h1-4,6H,5H2,(H2,12,13,14,15,16). The Morgan fingerprint density at radius 1 is 1.38 bits per heavy atom. The second kappa shape index (κ2) is 4.76. The summed E-state index contributed by atoms with van der Waals surface area (Å²) in [4.78, 5) is 11.5. The number of carbonyl (C=O) groups is 1. The number of aromatic amines is 1. The summed E-state index contributed by atoms with van der Waals surface area (Å²) < 4.78 is 0. The highest BCUT2D eigenvalue weighted by Crippen LogP contribution is 2.10. The van der Waals surface area contributed by atoms with Crippen LogP contribution in [0.15, 0.2) is 30.5 Å². The van der Waals surface area contributed by atoms with Crippen molar-refractivity contribution >= 4 is 23.3 Å². The van der Waals surface area contributed by atoms with Crippen LogP contribution in [0.25, 0.3) is 0 Å². The number of hydrogen-bond donors (Lipinski definition) is 2. The van der Waals surface area contributed by atoms with E-state index in [9.17, 15) is 4.79 Å². The summed E-state index contributed by atoms with van der Waals surface area (Å²) in [6.45, 7) is 0. The van der Waals surface area contributed by atoms with Crippen LogP contribution in [0, 0.1) is 0 Å². The first-order chi connectivity index (χ1) is 7.74. The number of benzene rings is 1. The van der Waals surface area contributed by atoms with Crippen LogP contribution in [0.4, 0.5) is 5.82 Å². The zero-order valence-electron chi connectivity index (χ0n) is 8.27. The molecule has 1 aromatic carbocycles. The molecular formula is C10H9ClN4O. The van der Waals surface area contributed by atoms with Gasteiger partial charge in [0.1, 0.15) is 0 Å². The van der Waals surface area contributed by atoms with Crippen molar-refractivity contribution in [1.82, 2.24) is 15.4 Å². The lowest BCUT2D eigenvalue weighted by Gasteiger charge is -2.01. The molecule has 6 heteroatoms. The van der Waals surface area contributed by atoms with Gasteiger partial charge < -0.3 is 5.32 Å². The summed E-state index contributed by atoms with van der Waals surface area (Å²) in [6, 6.07) is 7.12. The highest BCUT2D eigenvalue weighted by atomic mass is 35.5. The van der Waals surface area contributed by atoms with Crippen LogP contribution in [0.5, 0.6) is 0 Å². The number of hydrogen-bond acceptors (Lipinski definition) is 3. The van der Waals surface area contributed by atoms with E-state index in [2.05, 4.69) is 20.7 Å². The lowest BCUT2D eigenvalue weighted by atomic mass is 10.1. The molecule has 0 atom stereocenters. The van der Waals surface area contributed by atoms with Gasteiger partial charge in [0.25, 0.3) is 0 Å². The van der Waals surface area contributed by atoms with E-state index in [0.29, 0.717) is 10.8 Å². The topological polar surface area (TPSA) is 70.7 Å². The zero-order valence-corrected chi connectivity index (χ0v) is 9.03. The predicted octanol–water partition coefficient (Wildman–Crippen LogP) is 1.64. The molecule has 0 saturated heterocycles. The molecule has 0 unspecified atom stereocenters. The SMILES string of the molecule is O=C(Cc1ccc(Cl)cc1)Nc1cn[nH]n1. The van der Waals surface area contributed by atoms with Gasteiger partial charge in [0.2, 0.25) is 5.91 Å². The van der Waals surface area contributed by atoms with Crippen molar-refractivity contribution in [2.75, 3.05) is 5.32 Å². The number of H-pyrrole nitrogens is 1. The third-order valence-electron chi connectivity index (χ3n) is 1.96. The quantitative estimate of drug-likeness (QED) is 0.851. The molecule has 0 aliphatic rings. The molecule has 1 aromatic heterocycles. The molecular weight excluding hydrogens is 228 g/mol. The van der Waals surface area contributed by atoms with Crippen LogP contribution in [0.2, 0.25) is 5.02 Å². The molecule has 0 saturated carbocycles. The van der Waals surface area contributed by atoms with Crippen LogP contribution in [-0.4, -0.2) is 21.3 Å². The Hall–Kier alpha value is -1.88.